The maximum atomic E-state index is 5.14. The van der Waals surface area contributed by atoms with Crippen LogP contribution in [0.4, 0.5) is 0 Å². The highest BCUT2D eigenvalue weighted by molar-refractivity contribution is 7.21. The first-order valence-corrected chi connectivity index (χ1v) is 17.8. The van der Waals surface area contributed by atoms with Crippen molar-refractivity contribution in [3.8, 4) is 55.9 Å². The molecule has 10 aromatic rings. The lowest BCUT2D eigenvalue weighted by Gasteiger charge is -2.12. The van der Waals surface area contributed by atoms with E-state index in [-0.39, 0.29) is 0 Å². The van der Waals surface area contributed by atoms with E-state index in [2.05, 4.69) is 109 Å². The number of hydrogen-bond acceptors (Lipinski definition) is 5. The van der Waals surface area contributed by atoms with Crippen LogP contribution in [0.15, 0.2) is 170 Å². The fraction of sp³-hybridized carbons (Fsp3) is 0. The first kappa shape index (κ1) is 29.4. The van der Waals surface area contributed by atoms with Gasteiger partial charge < -0.3 is 0 Å². The quantitative estimate of drug-likeness (QED) is 0.171. The van der Waals surface area contributed by atoms with Crippen molar-refractivity contribution in [1.29, 1.82) is 0 Å². The number of benzene rings is 8. The van der Waals surface area contributed by atoms with Crippen molar-refractivity contribution in [2.75, 3.05) is 0 Å². The molecule has 238 valence electrons. The molecular weight excluding hydrogens is 641 g/mol. The molecule has 0 spiro atoms. The zero-order valence-electron chi connectivity index (χ0n) is 27.4. The van der Waals surface area contributed by atoms with Crippen LogP contribution in [0.25, 0.3) is 98.4 Å². The SMILES string of the molecule is c1ccc(-c2nc(-c3ccccc3)nc(-c3ccc4sc(-c5cccc(-c6ccc7c8ccccc8c8ccccc8c7c6)c5)nc4c3)n2)cc1. The molecule has 0 amide bonds. The topological polar surface area (TPSA) is 51.6 Å². The molecule has 51 heavy (non-hydrogen) atoms. The second kappa shape index (κ2) is 12.1. The van der Waals surface area contributed by atoms with Gasteiger partial charge in [-0.1, -0.05) is 140 Å². The van der Waals surface area contributed by atoms with Gasteiger partial charge in [-0.2, -0.15) is 0 Å². The summed E-state index contributed by atoms with van der Waals surface area (Å²) in [7, 11) is 0. The molecule has 0 aliphatic rings. The van der Waals surface area contributed by atoms with Crippen molar-refractivity contribution in [2.45, 2.75) is 0 Å². The van der Waals surface area contributed by atoms with Gasteiger partial charge in [-0.25, -0.2) is 19.9 Å². The average molecular weight is 669 g/mol. The Balaban J connectivity index is 1.04. The number of rotatable bonds is 5. The zero-order valence-corrected chi connectivity index (χ0v) is 28.2. The third-order valence-corrected chi connectivity index (χ3v) is 10.6. The van der Waals surface area contributed by atoms with Crippen LogP contribution in [-0.4, -0.2) is 19.9 Å². The Morgan fingerprint density at radius 3 is 1.39 bits per heavy atom. The van der Waals surface area contributed by atoms with Crippen LogP contribution >= 0.6 is 11.3 Å². The summed E-state index contributed by atoms with van der Waals surface area (Å²) in [4.78, 5) is 19.8. The van der Waals surface area contributed by atoms with Crippen LogP contribution in [0.3, 0.4) is 0 Å². The van der Waals surface area contributed by atoms with Crippen LogP contribution in [-0.2, 0) is 0 Å². The average Bonchev–Trinajstić information content (AvgIpc) is 3.65. The molecule has 2 heterocycles. The summed E-state index contributed by atoms with van der Waals surface area (Å²) in [6.45, 7) is 0. The van der Waals surface area contributed by atoms with Crippen molar-refractivity contribution in [3.63, 3.8) is 0 Å². The first-order valence-electron chi connectivity index (χ1n) is 17.0. The van der Waals surface area contributed by atoms with Gasteiger partial charge in [0.25, 0.3) is 0 Å². The summed E-state index contributed by atoms with van der Waals surface area (Å²) in [6.07, 6.45) is 0. The largest absolute Gasteiger partial charge is 0.236 e. The molecule has 2 aromatic heterocycles. The van der Waals surface area contributed by atoms with E-state index >= 15 is 0 Å². The van der Waals surface area contributed by atoms with Crippen molar-refractivity contribution in [1.82, 2.24) is 19.9 Å². The summed E-state index contributed by atoms with van der Waals surface area (Å²) in [5.74, 6) is 1.91. The standard InChI is InChI=1S/C46H28N4S/c1-3-12-29(13-4-1)43-48-44(30-14-5-2-6-15-30)50-45(49-43)33-23-25-42-41(28-33)47-46(51-42)34-17-11-16-31(26-34)32-22-24-39-37-20-8-7-18-35(37)36-19-9-10-21-38(36)40(39)27-32/h1-28H. The van der Waals surface area contributed by atoms with Gasteiger partial charge >= 0.3 is 0 Å². The van der Waals surface area contributed by atoms with Crippen LogP contribution in [0, 0.1) is 0 Å². The molecule has 0 saturated heterocycles. The van der Waals surface area contributed by atoms with Crippen LogP contribution in [0.5, 0.6) is 0 Å². The Kier molecular flexibility index (Phi) is 6.96. The molecule has 0 aliphatic heterocycles. The van der Waals surface area contributed by atoms with E-state index in [4.69, 9.17) is 19.9 Å². The summed E-state index contributed by atoms with van der Waals surface area (Å²) in [5.41, 5.74) is 7.17. The van der Waals surface area contributed by atoms with E-state index in [1.165, 1.54) is 43.4 Å². The predicted molar refractivity (Wildman–Crippen MR) is 213 cm³/mol. The highest BCUT2D eigenvalue weighted by Crippen LogP contribution is 2.39. The van der Waals surface area contributed by atoms with Gasteiger partial charge in [0.05, 0.1) is 10.2 Å². The minimum atomic E-state index is 0.623. The highest BCUT2D eigenvalue weighted by atomic mass is 32.1. The Hall–Kier alpha value is -6.56. The van der Waals surface area contributed by atoms with Gasteiger partial charge in [0.15, 0.2) is 17.5 Å². The van der Waals surface area contributed by atoms with Gasteiger partial charge in [0.2, 0.25) is 0 Å². The molecule has 0 atom stereocenters. The monoisotopic (exact) mass is 668 g/mol. The second-order valence-corrected chi connectivity index (χ2v) is 13.7. The van der Waals surface area contributed by atoms with Gasteiger partial charge in [-0.05, 0) is 73.8 Å². The lowest BCUT2D eigenvalue weighted by atomic mass is 9.92. The van der Waals surface area contributed by atoms with Crippen molar-refractivity contribution in [3.05, 3.63) is 170 Å². The van der Waals surface area contributed by atoms with Crippen LogP contribution in [0.1, 0.15) is 0 Å². The third-order valence-electron chi connectivity index (χ3n) is 9.53. The predicted octanol–water partition coefficient (Wildman–Crippen LogP) is 12.3. The molecule has 4 nitrogen and oxygen atoms in total. The number of thiazole rings is 1. The molecule has 0 saturated carbocycles. The maximum Gasteiger partial charge on any atom is 0.164 e. The summed E-state index contributed by atoms with van der Waals surface area (Å²) in [5, 5.41) is 8.65. The molecule has 5 heteroatoms. The first-order chi connectivity index (χ1) is 25.2. The molecule has 0 unspecified atom stereocenters. The van der Waals surface area contributed by atoms with Crippen molar-refractivity contribution < 1.29 is 0 Å². The van der Waals surface area contributed by atoms with E-state index in [9.17, 15) is 0 Å². The van der Waals surface area contributed by atoms with Crippen LogP contribution < -0.4 is 0 Å². The van der Waals surface area contributed by atoms with E-state index in [1.807, 2.05) is 60.7 Å². The number of hydrogen-bond donors (Lipinski definition) is 0. The van der Waals surface area contributed by atoms with Gasteiger partial charge in [-0.3, -0.25) is 0 Å². The third kappa shape index (κ3) is 5.23. The molecule has 0 N–H and O–H groups in total. The Morgan fingerprint density at radius 1 is 0.294 bits per heavy atom. The summed E-state index contributed by atoms with van der Waals surface area (Å²) in [6, 6.07) is 59.5. The lowest BCUT2D eigenvalue weighted by molar-refractivity contribution is 1.07. The molecule has 10 rings (SSSR count). The Morgan fingerprint density at radius 2 is 0.765 bits per heavy atom. The van der Waals surface area contributed by atoms with Gasteiger partial charge in [-0.15, -0.1) is 11.3 Å². The Bertz CT molecular complexity index is 2820. The molecular formula is C46H28N4S. The number of aromatic nitrogens is 4. The minimum Gasteiger partial charge on any atom is -0.236 e. The maximum absolute atomic E-state index is 5.14. The van der Waals surface area contributed by atoms with Gasteiger partial charge in [0, 0.05) is 22.3 Å². The number of nitrogens with zero attached hydrogens (tertiary/aromatic N) is 4. The van der Waals surface area contributed by atoms with Crippen molar-refractivity contribution in [2.24, 2.45) is 0 Å². The zero-order chi connectivity index (χ0) is 33.7. The Labute approximate surface area is 298 Å². The minimum absolute atomic E-state index is 0.623. The van der Waals surface area contributed by atoms with E-state index in [1.54, 1.807) is 11.3 Å². The van der Waals surface area contributed by atoms with Gasteiger partial charge in [0.1, 0.15) is 5.01 Å². The molecule has 0 bridgehead atoms. The molecule has 0 radical (unpaired) electrons. The fourth-order valence-corrected chi connectivity index (χ4v) is 7.99. The molecule has 0 aliphatic carbocycles. The van der Waals surface area contributed by atoms with E-state index < -0.39 is 0 Å². The van der Waals surface area contributed by atoms with E-state index in [0.717, 1.165) is 37.5 Å². The number of fused-ring (bicyclic) bond motifs is 7. The van der Waals surface area contributed by atoms with E-state index in [0.29, 0.717) is 17.5 Å². The molecule has 0 fully saturated rings. The summed E-state index contributed by atoms with van der Waals surface area (Å²) >= 11 is 1.70. The second-order valence-electron chi connectivity index (χ2n) is 12.7. The smallest absolute Gasteiger partial charge is 0.164 e. The molecule has 8 aromatic carbocycles. The normalized spacial score (nSPS) is 11.5. The highest BCUT2D eigenvalue weighted by Gasteiger charge is 2.15. The summed E-state index contributed by atoms with van der Waals surface area (Å²) < 4.78 is 1.11. The fourth-order valence-electron chi connectivity index (χ4n) is 7.05. The van der Waals surface area contributed by atoms with Crippen molar-refractivity contribution >= 4 is 53.9 Å². The lowest BCUT2D eigenvalue weighted by Crippen LogP contribution is -2.00. The van der Waals surface area contributed by atoms with Crippen LogP contribution in [0.2, 0.25) is 0 Å².